The van der Waals surface area contributed by atoms with Gasteiger partial charge in [-0.15, -0.1) is 0 Å². The molecule has 0 bridgehead atoms. The Hall–Kier alpha value is -3.52. The Morgan fingerprint density at radius 2 is 1.58 bits per heavy atom. The van der Waals surface area contributed by atoms with E-state index < -0.39 is 10.0 Å². The summed E-state index contributed by atoms with van der Waals surface area (Å²) in [5, 5.41) is 2.80. The number of carbonyl (C=O) groups excluding carboxylic acids is 1. The number of sulfonamides is 1. The maximum atomic E-state index is 12.4. The van der Waals surface area contributed by atoms with E-state index in [0.29, 0.717) is 23.7 Å². The molecule has 0 radical (unpaired) electrons. The van der Waals surface area contributed by atoms with Crippen LogP contribution in [0.1, 0.15) is 12.0 Å². The molecule has 0 heterocycles. The first-order valence-electron chi connectivity index (χ1n) is 10.6. The second-order valence-electron chi connectivity index (χ2n) is 7.48. The fourth-order valence-electron chi connectivity index (χ4n) is 3.24. The van der Waals surface area contributed by atoms with E-state index in [1.165, 1.54) is 0 Å². The van der Waals surface area contributed by atoms with Crippen LogP contribution in [0.15, 0.2) is 78.9 Å². The average Bonchev–Trinajstić information content (AvgIpc) is 2.81. The van der Waals surface area contributed by atoms with E-state index in [9.17, 15) is 13.2 Å². The molecule has 3 aromatic carbocycles. The highest BCUT2D eigenvalue weighted by Crippen LogP contribution is 2.25. The predicted molar refractivity (Wildman–Crippen MR) is 129 cm³/mol. The van der Waals surface area contributed by atoms with Crippen LogP contribution in [-0.4, -0.2) is 40.8 Å². The van der Waals surface area contributed by atoms with Gasteiger partial charge in [-0.2, -0.15) is 0 Å². The highest BCUT2D eigenvalue weighted by atomic mass is 32.2. The summed E-state index contributed by atoms with van der Waals surface area (Å²) in [4.78, 5) is 12.4. The van der Waals surface area contributed by atoms with Crippen molar-refractivity contribution in [1.82, 2.24) is 5.32 Å². The topological polar surface area (TPSA) is 84.9 Å². The summed E-state index contributed by atoms with van der Waals surface area (Å²) in [5.74, 6) is 1.68. The molecule has 1 N–H and O–H groups in total. The lowest BCUT2D eigenvalue weighted by Crippen LogP contribution is -2.40. The zero-order valence-electron chi connectivity index (χ0n) is 18.7. The lowest BCUT2D eigenvalue weighted by Gasteiger charge is -2.22. The van der Waals surface area contributed by atoms with Crippen molar-refractivity contribution in [2.24, 2.45) is 0 Å². The zero-order valence-corrected chi connectivity index (χ0v) is 19.5. The molecule has 0 aromatic heterocycles. The molecule has 0 saturated carbocycles. The maximum absolute atomic E-state index is 12.4. The van der Waals surface area contributed by atoms with Gasteiger partial charge in [0.05, 0.1) is 19.1 Å². The smallest absolute Gasteiger partial charge is 0.240 e. The molecule has 8 heteroatoms. The van der Waals surface area contributed by atoms with Gasteiger partial charge in [-0.25, -0.2) is 8.42 Å². The van der Waals surface area contributed by atoms with E-state index in [-0.39, 0.29) is 12.5 Å². The third kappa shape index (κ3) is 7.54. The van der Waals surface area contributed by atoms with Crippen molar-refractivity contribution in [3.05, 3.63) is 84.4 Å². The summed E-state index contributed by atoms with van der Waals surface area (Å²) >= 11 is 0. The Labute approximate surface area is 195 Å². The molecule has 0 saturated heterocycles. The minimum atomic E-state index is -3.65. The lowest BCUT2D eigenvalue weighted by molar-refractivity contribution is -0.119. The summed E-state index contributed by atoms with van der Waals surface area (Å²) in [5.41, 5.74) is 1.50. The molecule has 0 unspecified atom stereocenters. The van der Waals surface area contributed by atoms with Gasteiger partial charge in [0.2, 0.25) is 15.9 Å². The highest BCUT2D eigenvalue weighted by molar-refractivity contribution is 7.92. The second kappa shape index (κ2) is 11.4. The number of rotatable bonds is 11. The monoisotopic (exact) mass is 468 g/mol. The Morgan fingerprint density at radius 1 is 0.909 bits per heavy atom. The molecule has 7 nitrogen and oxygen atoms in total. The molecule has 3 aromatic rings. The van der Waals surface area contributed by atoms with Gasteiger partial charge < -0.3 is 14.8 Å². The van der Waals surface area contributed by atoms with Gasteiger partial charge in [0, 0.05) is 6.54 Å². The maximum Gasteiger partial charge on any atom is 0.240 e. The van der Waals surface area contributed by atoms with Crippen LogP contribution in [0.2, 0.25) is 0 Å². The quantitative estimate of drug-likeness (QED) is 0.430. The van der Waals surface area contributed by atoms with Crippen molar-refractivity contribution in [3.8, 4) is 17.2 Å². The number of anilines is 1. The van der Waals surface area contributed by atoms with E-state index in [0.717, 1.165) is 34.7 Å². The molecule has 0 aliphatic heterocycles. The number of hydrogen-bond donors (Lipinski definition) is 1. The van der Waals surface area contributed by atoms with Crippen LogP contribution in [0.25, 0.3) is 0 Å². The Balaban J connectivity index is 1.55. The first kappa shape index (κ1) is 24.1. The van der Waals surface area contributed by atoms with E-state index in [4.69, 9.17) is 9.47 Å². The number of amides is 1. The molecule has 0 fully saturated rings. The first-order valence-corrected chi connectivity index (χ1v) is 12.4. The second-order valence-corrected chi connectivity index (χ2v) is 9.39. The summed E-state index contributed by atoms with van der Waals surface area (Å²) < 4.78 is 36.7. The molecular formula is C25H28N2O5S. The zero-order chi connectivity index (χ0) is 23.7. The SMILES string of the molecule is COc1cccc(CCCNC(=O)CN(c2ccc(Oc3ccccc3)cc2)S(C)(=O)=O)c1. The van der Waals surface area contributed by atoms with Gasteiger partial charge in [-0.3, -0.25) is 9.10 Å². The number of methoxy groups -OCH3 is 1. The number of nitrogens with one attached hydrogen (secondary N) is 1. The largest absolute Gasteiger partial charge is 0.497 e. The minimum absolute atomic E-state index is 0.295. The predicted octanol–water partition coefficient (Wildman–Crippen LogP) is 4.00. The number of para-hydroxylation sites is 1. The molecule has 1 amide bonds. The fourth-order valence-corrected chi connectivity index (χ4v) is 4.10. The number of nitrogens with zero attached hydrogens (tertiary/aromatic N) is 1. The highest BCUT2D eigenvalue weighted by Gasteiger charge is 2.20. The summed E-state index contributed by atoms with van der Waals surface area (Å²) in [6.07, 6.45) is 2.58. The van der Waals surface area contributed by atoms with Crippen LogP contribution in [0, 0.1) is 0 Å². The van der Waals surface area contributed by atoms with Crippen LogP contribution >= 0.6 is 0 Å². The lowest BCUT2D eigenvalue weighted by atomic mass is 10.1. The standard InChI is InChI=1S/C25H28N2O5S/c1-31-24-12-6-8-20(18-24)9-7-17-26-25(28)19-27(33(2,29)30)21-13-15-23(16-14-21)32-22-10-4-3-5-11-22/h3-6,8,10-16,18H,7,9,17,19H2,1-2H3,(H,26,28). The Morgan fingerprint density at radius 3 is 2.24 bits per heavy atom. The van der Waals surface area contributed by atoms with Gasteiger partial charge in [-0.05, 0) is 66.9 Å². The Kier molecular flexibility index (Phi) is 8.32. The number of carbonyl (C=O) groups is 1. The summed E-state index contributed by atoms with van der Waals surface area (Å²) in [6, 6.07) is 23.6. The first-order chi connectivity index (χ1) is 15.8. The third-order valence-electron chi connectivity index (χ3n) is 4.89. The molecule has 0 atom stereocenters. The van der Waals surface area contributed by atoms with Gasteiger partial charge in [0.15, 0.2) is 0 Å². The number of benzene rings is 3. The molecule has 33 heavy (non-hydrogen) atoms. The minimum Gasteiger partial charge on any atom is -0.497 e. The average molecular weight is 469 g/mol. The van der Waals surface area contributed by atoms with Crippen molar-refractivity contribution in [3.63, 3.8) is 0 Å². The number of hydrogen-bond acceptors (Lipinski definition) is 5. The van der Waals surface area contributed by atoms with E-state index >= 15 is 0 Å². The normalized spacial score (nSPS) is 11.0. The van der Waals surface area contributed by atoms with Crippen LogP contribution in [0.3, 0.4) is 0 Å². The van der Waals surface area contributed by atoms with Crippen molar-refractivity contribution < 1.29 is 22.7 Å². The van der Waals surface area contributed by atoms with Crippen LogP contribution in [0.5, 0.6) is 17.2 Å². The van der Waals surface area contributed by atoms with Gasteiger partial charge in [0.25, 0.3) is 0 Å². The summed E-state index contributed by atoms with van der Waals surface area (Å²) in [6.45, 7) is 0.147. The van der Waals surface area contributed by atoms with Crippen molar-refractivity contribution in [2.45, 2.75) is 12.8 Å². The van der Waals surface area contributed by atoms with Crippen molar-refractivity contribution in [2.75, 3.05) is 30.8 Å². The van der Waals surface area contributed by atoms with Crippen molar-refractivity contribution in [1.29, 1.82) is 0 Å². The third-order valence-corrected chi connectivity index (χ3v) is 6.03. The van der Waals surface area contributed by atoms with Crippen LogP contribution < -0.4 is 19.1 Å². The van der Waals surface area contributed by atoms with E-state index in [1.807, 2.05) is 54.6 Å². The molecule has 0 aliphatic rings. The molecule has 3 rings (SSSR count). The van der Waals surface area contributed by atoms with Crippen molar-refractivity contribution >= 4 is 21.6 Å². The van der Waals surface area contributed by atoms with Gasteiger partial charge in [-0.1, -0.05) is 30.3 Å². The summed E-state index contributed by atoms with van der Waals surface area (Å²) in [7, 11) is -2.03. The van der Waals surface area contributed by atoms with E-state index in [1.54, 1.807) is 31.4 Å². The van der Waals surface area contributed by atoms with Crippen LogP contribution in [0.4, 0.5) is 5.69 Å². The fraction of sp³-hybridized carbons (Fsp3) is 0.240. The molecule has 0 aliphatic carbocycles. The van der Waals surface area contributed by atoms with Gasteiger partial charge >= 0.3 is 0 Å². The van der Waals surface area contributed by atoms with E-state index in [2.05, 4.69) is 5.32 Å². The molecule has 174 valence electrons. The molecular weight excluding hydrogens is 440 g/mol. The number of ether oxygens (including phenoxy) is 2. The molecule has 0 spiro atoms. The number of aryl methyl sites for hydroxylation is 1. The Bertz CT molecular complexity index is 1150. The van der Waals surface area contributed by atoms with Crippen LogP contribution in [-0.2, 0) is 21.2 Å². The van der Waals surface area contributed by atoms with Gasteiger partial charge in [0.1, 0.15) is 23.8 Å².